The molecule has 3 aliphatic rings. The molecule has 21 heteroatoms. The lowest BCUT2D eigenvalue weighted by Crippen LogP contribution is -2.59. The molecule has 0 saturated carbocycles. The Morgan fingerprint density at radius 2 is 0.971 bits per heavy atom. The summed E-state index contributed by atoms with van der Waals surface area (Å²) in [6.07, 6.45) is -4.43. The average molecular weight is 955 g/mol. The maximum atomic E-state index is 13.4. The lowest BCUT2D eigenvalue weighted by molar-refractivity contribution is -0.232. The molecule has 4 aromatic rings. The number of esters is 9. The number of ether oxygens (including phenoxy) is 12. The molecule has 21 nitrogen and oxygen atoms in total. The second kappa shape index (κ2) is 19.0. The molecule has 69 heavy (non-hydrogen) atoms. The SMILES string of the molecule is CC(=O)Oc1cc(OC(C)=O)c2c(c1)O[C@]1(c3ccc(OC(C)=O)c(OC(C)=O)c3)Oc3cc(OC(C)=O)c4c(c3[C@H]2[C@@H]1OC(C)=O)O[C@H](c1ccc(OC(C)=O)c(OC(C)=O)c1)[C@@H](OC(C)=O)C4. The zero-order valence-corrected chi connectivity index (χ0v) is 38.3. The normalized spacial score (nSPS) is 19.1. The first-order chi connectivity index (χ1) is 32.5. The molecule has 0 spiro atoms. The van der Waals surface area contributed by atoms with E-state index in [1.165, 1.54) is 54.6 Å². The summed E-state index contributed by atoms with van der Waals surface area (Å²) in [6, 6.07) is 11.8. The molecule has 0 radical (unpaired) electrons. The molecule has 0 N–H and O–H groups in total. The number of carbonyl (C=O) groups is 9. The first-order valence-corrected chi connectivity index (χ1v) is 20.9. The van der Waals surface area contributed by atoms with Crippen LogP contribution in [-0.4, -0.2) is 65.9 Å². The van der Waals surface area contributed by atoms with Crippen LogP contribution in [0.5, 0.6) is 57.5 Å². The van der Waals surface area contributed by atoms with Crippen LogP contribution in [0.25, 0.3) is 0 Å². The molecule has 2 bridgehead atoms. The van der Waals surface area contributed by atoms with E-state index in [2.05, 4.69) is 0 Å². The first-order valence-electron chi connectivity index (χ1n) is 20.9. The monoisotopic (exact) mass is 954 g/mol. The summed E-state index contributed by atoms with van der Waals surface area (Å²) in [5.74, 6) is -12.8. The Balaban J connectivity index is 1.59. The van der Waals surface area contributed by atoms with Crippen LogP contribution in [-0.2, 0) is 64.8 Å². The van der Waals surface area contributed by atoms with E-state index in [0.29, 0.717) is 0 Å². The molecule has 5 atom stereocenters. The van der Waals surface area contributed by atoms with Crippen LogP contribution in [0.3, 0.4) is 0 Å². The van der Waals surface area contributed by atoms with E-state index in [9.17, 15) is 43.2 Å². The fourth-order valence-corrected chi connectivity index (χ4v) is 8.28. The summed E-state index contributed by atoms with van der Waals surface area (Å²) in [6.45, 7) is 10.1. The smallest absolute Gasteiger partial charge is 0.316 e. The van der Waals surface area contributed by atoms with Crippen molar-refractivity contribution in [3.8, 4) is 57.5 Å². The second-order valence-electron chi connectivity index (χ2n) is 15.7. The zero-order chi connectivity index (χ0) is 50.2. The third kappa shape index (κ3) is 10.1. The average Bonchev–Trinajstić information content (AvgIpc) is 3.20. The van der Waals surface area contributed by atoms with Crippen molar-refractivity contribution in [2.45, 2.75) is 98.8 Å². The van der Waals surface area contributed by atoms with Gasteiger partial charge in [-0.25, -0.2) is 0 Å². The van der Waals surface area contributed by atoms with Crippen LogP contribution in [0.4, 0.5) is 0 Å². The number of rotatable bonds is 11. The van der Waals surface area contributed by atoms with Gasteiger partial charge in [0.1, 0.15) is 40.6 Å². The van der Waals surface area contributed by atoms with Crippen molar-refractivity contribution in [2.24, 2.45) is 0 Å². The summed E-state index contributed by atoms with van der Waals surface area (Å²) in [5, 5.41) is 0. The third-order valence-corrected chi connectivity index (χ3v) is 10.3. The van der Waals surface area contributed by atoms with E-state index in [1.54, 1.807) is 0 Å². The van der Waals surface area contributed by atoms with Gasteiger partial charge in [-0.2, -0.15) is 0 Å². The molecule has 0 unspecified atom stereocenters. The molecular weight excluding hydrogens is 913 g/mol. The molecule has 7 rings (SSSR count). The minimum Gasteiger partial charge on any atom is -0.481 e. The minimum absolute atomic E-state index is 0.0110. The van der Waals surface area contributed by atoms with Gasteiger partial charge in [0.2, 0.25) is 0 Å². The largest absolute Gasteiger partial charge is 0.481 e. The summed E-state index contributed by atoms with van der Waals surface area (Å²) in [5.41, 5.74) is 0.360. The van der Waals surface area contributed by atoms with E-state index in [4.69, 9.17) is 56.8 Å². The molecule has 0 amide bonds. The van der Waals surface area contributed by atoms with Gasteiger partial charge in [0.05, 0.1) is 5.92 Å². The molecular formula is C48H42O21. The predicted octanol–water partition coefficient (Wildman–Crippen LogP) is 5.47. The highest BCUT2D eigenvalue weighted by Crippen LogP contribution is 2.64. The molecule has 0 aliphatic carbocycles. The summed E-state index contributed by atoms with van der Waals surface area (Å²) in [4.78, 5) is 113. The van der Waals surface area contributed by atoms with Crippen LogP contribution >= 0.6 is 0 Å². The molecule has 4 aromatic carbocycles. The lowest BCUT2D eigenvalue weighted by Gasteiger charge is -2.51. The van der Waals surface area contributed by atoms with Gasteiger partial charge in [0.15, 0.2) is 35.2 Å². The van der Waals surface area contributed by atoms with E-state index in [-0.39, 0.29) is 91.7 Å². The highest BCUT2D eigenvalue weighted by Gasteiger charge is 2.63. The van der Waals surface area contributed by atoms with Gasteiger partial charge in [-0.1, -0.05) is 6.07 Å². The number of hydrogen-bond acceptors (Lipinski definition) is 21. The fraction of sp³-hybridized carbons (Fsp3) is 0.312. The van der Waals surface area contributed by atoms with Gasteiger partial charge in [0.25, 0.3) is 0 Å². The maximum Gasteiger partial charge on any atom is 0.316 e. The summed E-state index contributed by atoms with van der Waals surface area (Å²) < 4.78 is 70.9. The van der Waals surface area contributed by atoms with Crippen molar-refractivity contribution in [3.63, 3.8) is 0 Å². The lowest BCUT2D eigenvalue weighted by atomic mass is 9.74. The van der Waals surface area contributed by atoms with Gasteiger partial charge in [-0.3, -0.25) is 43.2 Å². The number of fused-ring (bicyclic) bond motifs is 8. The Kier molecular flexibility index (Phi) is 13.3. The Hall–Kier alpha value is -8.49. The van der Waals surface area contributed by atoms with Crippen LogP contribution in [0.1, 0.15) is 102 Å². The van der Waals surface area contributed by atoms with Gasteiger partial charge in [-0.05, 0) is 30.3 Å². The fourth-order valence-electron chi connectivity index (χ4n) is 8.28. The first kappa shape index (κ1) is 48.4. The highest BCUT2D eigenvalue weighted by atomic mass is 16.7. The predicted molar refractivity (Wildman–Crippen MR) is 228 cm³/mol. The van der Waals surface area contributed by atoms with Gasteiger partial charge in [0, 0.05) is 115 Å². The zero-order valence-electron chi connectivity index (χ0n) is 38.3. The van der Waals surface area contributed by atoms with Crippen LogP contribution in [0.2, 0.25) is 0 Å². The van der Waals surface area contributed by atoms with E-state index >= 15 is 0 Å². The van der Waals surface area contributed by atoms with Crippen LogP contribution in [0, 0.1) is 0 Å². The highest BCUT2D eigenvalue weighted by molar-refractivity contribution is 5.79. The third-order valence-electron chi connectivity index (χ3n) is 10.3. The van der Waals surface area contributed by atoms with Crippen molar-refractivity contribution in [1.29, 1.82) is 0 Å². The summed E-state index contributed by atoms with van der Waals surface area (Å²) in [7, 11) is 0. The number of carbonyl (C=O) groups excluding carboxylic acids is 9. The molecule has 360 valence electrons. The Morgan fingerprint density at radius 1 is 0.478 bits per heavy atom. The molecule has 0 saturated heterocycles. The topological polar surface area (TPSA) is 264 Å². The van der Waals surface area contributed by atoms with Crippen LogP contribution in [0.15, 0.2) is 54.6 Å². The molecule has 0 fully saturated rings. The Bertz CT molecular complexity index is 2880. The maximum absolute atomic E-state index is 13.4. The quantitative estimate of drug-likeness (QED) is 0.133. The second-order valence-corrected chi connectivity index (χ2v) is 15.7. The van der Waals surface area contributed by atoms with E-state index in [1.807, 2.05) is 0 Å². The molecule has 0 aromatic heterocycles. The standard InChI is InChI=1S/C48H42O21/c1-20(49)58-31-16-38(64-26(7)55)42-39(17-31)68-48(30-11-13-34(60-22(3)51)37(15-30)63-25(6)54)47(66-28(9)57)44(42)43-40(69-48)19-35(61-23(4)52)32-18-41(65-27(8)56)45(67-46(32)43)29-10-12-33(59-21(2)50)36(14-29)62-24(5)53/h10-17,19,41,44-45,47H,18H2,1-9H3/t41-,44-,45+,47-,48+/m0/s1. The Morgan fingerprint density at radius 3 is 1.52 bits per heavy atom. The van der Waals surface area contributed by atoms with Crippen molar-refractivity contribution in [2.75, 3.05) is 0 Å². The van der Waals surface area contributed by atoms with Gasteiger partial charge >= 0.3 is 59.5 Å². The summed E-state index contributed by atoms with van der Waals surface area (Å²) >= 11 is 0. The minimum atomic E-state index is -2.37. The Labute approximate surface area is 391 Å². The van der Waals surface area contributed by atoms with Crippen molar-refractivity contribution < 1.29 is 100.0 Å². The van der Waals surface area contributed by atoms with Crippen molar-refractivity contribution in [3.05, 3.63) is 82.4 Å². The van der Waals surface area contributed by atoms with Gasteiger partial charge in [-0.15, -0.1) is 0 Å². The van der Waals surface area contributed by atoms with Crippen molar-refractivity contribution in [1.82, 2.24) is 0 Å². The van der Waals surface area contributed by atoms with Gasteiger partial charge < -0.3 is 56.8 Å². The number of benzene rings is 4. The molecule has 3 heterocycles. The van der Waals surface area contributed by atoms with Crippen LogP contribution < -0.4 is 47.4 Å². The number of hydrogen-bond donors (Lipinski definition) is 0. The van der Waals surface area contributed by atoms with Crippen molar-refractivity contribution >= 4 is 53.7 Å². The van der Waals surface area contributed by atoms with E-state index in [0.717, 1.165) is 62.3 Å². The molecule has 3 aliphatic heterocycles. The van der Waals surface area contributed by atoms with E-state index < -0.39 is 83.7 Å².